The average molecular weight is 246 g/mol. The van der Waals surface area contributed by atoms with Gasteiger partial charge in [0.05, 0.1) is 0 Å². The highest BCUT2D eigenvalue weighted by Crippen LogP contribution is 2.25. The van der Waals surface area contributed by atoms with Gasteiger partial charge in [-0.25, -0.2) is 0 Å². The summed E-state index contributed by atoms with van der Waals surface area (Å²) in [6.07, 6.45) is 0. The first-order chi connectivity index (χ1) is 7.66. The van der Waals surface area contributed by atoms with Crippen molar-refractivity contribution >= 4 is 25.3 Å². The Labute approximate surface area is 108 Å². The molecule has 0 atom stereocenters. The van der Waals surface area contributed by atoms with E-state index < -0.39 is 0 Å². The van der Waals surface area contributed by atoms with Crippen LogP contribution < -0.4 is 0 Å². The van der Waals surface area contributed by atoms with Crippen molar-refractivity contribution in [2.24, 2.45) is 0 Å². The lowest BCUT2D eigenvalue weighted by atomic mass is 9.93. The second-order valence-electron chi connectivity index (χ2n) is 3.90. The quantitative estimate of drug-likeness (QED) is 0.720. The Hall–Kier alpha value is -0.860. The van der Waals surface area contributed by atoms with Gasteiger partial charge in [0, 0.05) is 15.7 Å². The molecule has 0 aliphatic carbocycles. The molecule has 0 nitrogen and oxygen atoms in total. The fourth-order valence-electron chi connectivity index (χ4n) is 1.72. The monoisotopic (exact) mass is 246 g/mol. The van der Waals surface area contributed by atoms with Gasteiger partial charge in [0.15, 0.2) is 0 Å². The summed E-state index contributed by atoms with van der Waals surface area (Å²) in [7, 11) is 0. The van der Waals surface area contributed by atoms with Crippen molar-refractivity contribution in [2.75, 3.05) is 0 Å². The molecule has 0 N–H and O–H groups in total. The van der Waals surface area contributed by atoms with E-state index in [0.717, 1.165) is 9.79 Å². The maximum absolute atomic E-state index is 4.29. The van der Waals surface area contributed by atoms with Gasteiger partial charge in [-0.05, 0) is 35.4 Å². The van der Waals surface area contributed by atoms with Crippen LogP contribution in [0, 0.1) is 0 Å². The van der Waals surface area contributed by atoms with Crippen LogP contribution in [0.4, 0.5) is 0 Å². The summed E-state index contributed by atoms with van der Waals surface area (Å²) in [5.41, 5.74) is 2.62. The van der Waals surface area contributed by atoms with Gasteiger partial charge >= 0.3 is 0 Å². The first kappa shape index (κ1) is 11.6. The SMILES string of the molecule is CC(c1ccc(S)cc1)c1ccc(S)cc1. The van der Waals surface area contributed by atoms with Gasteiger partial charge in [-0.1, -0.05) is 31.2 Å². The van der Waals surface area contributed by atoms with Crippen molar-refractivity contribution in [3.05, 3.63) is 59.7 Å². The van der Waals surface area contributed by atoms with Crippen LogP contribution in [0.1, 0.15) is 24.0 Å². The van der Waals surface area contributed by atoms with Gasteiger partial charge in [-0.2, -0.15) is 0 Å². The Balaban J connectivity index is 2.28. The molecule has 0 spiro atoms. The molecule has 0 heterocycles. The van der Waals surface area contributed by atoms with Gasteiger partial charge < -0.3 is 0 Å². The third-order valence-electron chi connectivity index (χ3n) is 2.79. The van der Waals surface area contributed by atoms with E-state index in [0.29, 0.717) is 5.92 Å². The molecule has 0 bridgehead atoms. The summed E-state index contributed by atoms with van der Waals surface area (Å²) >= 11 is 8.58. The molecule has 0 saturated heterocycles. The fourth-order valence-corrected chi connectivity index (χ4v) is 2.02. The van der Waals surface area contributed by atoms with Gasteiger partial charge in [-0.15, -0.1) is 25.3 Å². The topological polar surface area (TPSA) is 0 Å². The smallest absolute Gasteiger partial charge is 0.00610 e. The second kappa shape index (κ2) is 4.98. The van der Waals surface area contributed by atoms with Crippen LogP contribution in [-0.2, 0) is 0 Å². The average Bonchev–Trinajstić information content (AvgIpc) is 2.30. The Kier molecular flexibility index (Phi) is 3.62. The van der Waals surface area contributed by atoms with Gasteiger partial charge in [0.25, 0.3) is 0 Å². The maximum Gasteiger partial charge on any atom is 0.00610 e. The zero-order valence-electron chi connectivity index (χ0n) is 9.09. The normalized spacial score (nSPS) is 10.8. The molecule has 0 aromatic heterocycles. The Morgan fingerprint density at radius 3 is 1.31 bits per heavy atom. The van der Waals surface area contributed by atoms with Crippen molar-refractivity contribution in [1.29, 1.82) is 0 Å². The summed E-state index contributed by atoms with van der Waals surface area (Å²) in [5.74, 6) is 0.405. The molecular formula is C14H14S2. The van der Waals surface area contributed by atoms with Crippen molar-refractivity contribution in [3.8, 4) is 0 Å². The molecule has 0 aliphatic rings. The van der Waals surface area contributed by atoms with E-state index in [4.69, 9.17) is 0 Å². The molecule has 0 amide bonds. The maximum atomic E-state index is 4.29. The predicted molar refractivity (Wildman–Crippen MR) is 74.9 cm³/mol. The van der Waals surface area contributed by atoms with Crippen molar-refractivity contribution in [3.63, 3.8) is 0 Å². The minimum Gasteiger partial charge on any atom is -0.143 e. The van der Waals surface area contributed by atoms with Crippen LogP contribution in [0.25, 0.3) is 0 Å². The Morgan fingerprint density at radius 2 is 1.00 bits per heavy atom. The summed E-state index contributed by atoms with van der Waals surface area (Å²) < 4.78 is 0. The standard InChI is InChI=1S/C14H14S2/c1-10(11-2-6-13(15)7-3-11)12-4-8-14(16)9-5-12/h2-10,15-16H,1H3. The van der Waals surface area contributed by atoms with Gasteiger partial charge in [-0.3, -0.25) is 0 Å². The third-order valence-corrected chi connectivity index (χ3v) is 3.38. The molecular weight excluding hydrogens is 232 g/mol. The zero-order valence-corrected chi connectivity index (χ0v) is 10.9. The molecule has 0 radical (unpaired) electrons. The van der Waals surface area contributed by atoms with E-state index >= 15 is 0 Å². The number of rotatable bonds is 2. The number of thiol groups is 2. The van der Waals surface area contributed by atoms with E-state index in [1.807, 2.05) is 24.3 Å². The van der Waals surface area contributed by atoms with Crippen molar-refractivity contribution in [2.45, 2.75) is 22.6 Å². The highest BCUT2D eigenvalue weighted by molar-refractivity contribution is 7.80. The van der Waals surface area contributed by atoms with Crippen LogP contribution in [0.15, 0.2) is 58.3 Å². The second-order valence-corrected chi connectivity index (χ2v) is 4.94. The minimum atomic E-state index is 0.405. The fraction of sp³-hybridized carbons (Fsp3) is 0.143. The summed E-state index contributed by atoms with van der Waals surface area (Å²) in [6, 6.07) is 16.6. The van der Waals surface area contributed by atoms with E-state index in [1.165, 1.54) is 11.1 Å². The molecule has 0 fully saturated rings. The largest absolute Gasteiger partial charge is 0.143 e. The summed E-state index contributed by atoms with van der Waals surface area (Å²) in [4.78, 5) is 2.00. The first-order valence-electron chi connectivity index (χ1n) is 5.24. The Bertz CT molecular complexity index is 412. The third kappa shape index (κ3) is 2.63. The summed E-state index contributed by atoms with van der Waals surface area (Å²) in [5, 5.41) is 0. The molecule has 16 heavy (non-hydrogen) atoms. The highest BCUT2D eigenvalue weighted by atomic mass is 32.1. The van der Waals surface area contributed by atoms with Crippen molar-refractivity contribution in [1.82, 2.24) is 0 Å². The summed E-state index contributed by atoms with van der Waals surface area (Å²) in [6.45, 7) is 2.21. The molecule has 2 aromatic rings. The van der Waals surface area contributed by atoms with E-state index in [-0.39, 0.29) is 0 Å². The van der Waals surface area contributed by atoms with Crippen LogP contribution >= 0.6 is 25.3 Å². The van der Waals surface area contributed by atoms with E-state index in [1.54, 1.807) is 0 Å². The van der Waals surface area contributed by atoms with Crippen molar-refractivity contribution < 1.29 is 0 Å². The first-order valence-corrected chi connectivity index (χ1v) is 6.14. The number of hydrogen-bond acceptors (Lipinski definition) is 2. The lowest BCUT2D eigenvalue weighted by Gasteiger charge is -2.12. The van der Waals surface area contributed by atoms with Gasteiger partial charge in [0.2, 0.25) is 0 Å². The van der Waals surface area contributed by atoms with Crippen LogP contribution in [0.3, 0.4) is 0 Å². The van der Waals surface area contributed by atoms with E-state index in [9.17, 15) is 0 Å². The molecule has 0 saturated carbocycles. The highest BCUT2D eigenvalue weighted by Gasteiger charge is 2.07. The predicted octanol–water partition coefficient (Wildman–Crippen LogP) is 4.42. The lowest BCUT2D eigenvalue weighted by molar-refractivity contribution is 0.917. The van der Waals surface area contributed by atoms with Crippen LogP contribution in [0.2, 0.25) is 0 Å². The van der Waals surface area contributed by atoms with E-state index in [2.05, 4.69) is 56.4 Å². The molecule has 0 unspecified atom stereocenters. The number of benzene rings is 2. The molecule has 2 rings (SSSR count). The van der Waals surface area contributed by atoms with Gasteiger partial charge in [0.1, 0.15) is 0 Å². The number of hydrogen-bond donors (Lipinski definition) is 2. The lowest BCUT2D eigenvalue weighted by Crippen LogP contribution is -1.95. The minimum absolute atomic E-state index is 0.405. The Morgan fingerprint density at radius 1 is 0.688 bits per heavy atom. The molecule has 2 aromatic carbocycles. The molecule has 2 heteroatoms. The van der Waals surface area contributed by atoms with Crippen LogP contribution in [-0.4, -0.2) is 0 Å². The molecule has 0 aliphatic heterocycles. The molecule has 82 valence electrons. The van der Waals surface area contributed by atoms with Crippen LogP contribution in [0.5, 0.6) is 0 Å². The zero-order chi connectivity index (χ0) is 11.5.